The molecule has 1 saturated carbocycles. The molecule has 0 aliphatic heterocycles. The average Bonchev–Trinajstić information content (AvgIpc) is 3.24. The predicted molar refractivity (Wildman–Crippen MR) is 129 cm³/mol. The number of carbonyl (C=O) groups is 2. The molecule has 1 fully saturated rings. The molecule has 0 spiro atoms. The molecular formula is C25H31ClN2O2S. The van der Waals surface area contributed by atoms with Crippen molar-refractivity contribution in [3.63, 3.8) is 0 Å². The first-order valence-corrected chi connectivity index (χ1v) is 12.4. The number of carbonyl (C=O) groups excluding carboxylic acids is 2. The van der Waals surface area contributed by atoms with Gasteiger partial charge in [-0.1, -0.05) is 66.4 Å². The summed E-state index contributed by atoms with van der Waals surface area (Å²) in [5.41, 5.74) is 3.33. The summed E-state index contributed by atoms with van der Waals surface area (Å²) >= 11 is 7.72. The minimum absolute atomic E-state index is 0.0355. The Morgan fingerprint density at radius 2 is 1.84 bits per heavy atom. The molecule has 4 nitrogen and oxygen atoms in total. The fraction of sp³-hybridized carbons (Fsp3) is 0.440. The van der Waals surface area contributed by atoms with Crippen LogP contribution in [0.2, 0.25) is 5.02 Å². The third-order valence-electron chi connectivity index (χ3n) is 5.69. The molecule has 0 saturated heterocycles. The lowest BCUT2D eigenvalue weighted by Gasteiger charge is -2.29. The van der Waals surface area contributed by atoms with Gasteiger partial charge in [0, 0.05) is 23.4 Å². The number of halogens is 1. The Labute approximate surface area is 194 Å². The van der Waals surface area contributed by atoms with E-state index in [0.717, 1.165) is 37.0 Å². The molecule has 0 heterocycles. The summed E-state index contributed by atoms with van der Waals surface area (Å²) in [7, 11) is 0. The number of aryl methyl sites for hydroxylation is 1. The lowest BCUT2D eigenvalue weighted by Crippen LogP contribution is -2.50. The first-order chi connectivity index (χ1) is 14.9. The van der Waals surface area contributed by atoms with Gasteiger partial charge in [-0.2, -0.15) is 0 Å². The summed E-state index contributed by atoms with van der Waals surface area (Å²) in [4.78, 5) is 27.7. The zero-order valence-electron chi connectivity index (χ0n) is 18.3. The Hall–Kier alpha value is -1.98. The normalized spacial score (nSPS) is 14.9. The highest BCUT2D eigenvalue weighted by Gasteiger charge is 2.28. The topological polar surface area (TPSA) is 49.4 Å². The molecule has 3 rings (SSSR count). The second-order valence-corrected chi connectivity index (χ2v) is 9.72. The van der Waals surface area contributed by atoms with E-state index in [1.54, 1.807) is 16.7 Å². The van der Waals surface area contributed by atoms with E-state index >= 15 is 0 Å². The van der Waals surface area contributed by atoms with E-state index in [1.165, 1.54) is 11.1 Å². The molecular weight excluding hydrogens is 428 g/mol. The van der Waals surface area contributed by atoms with Crippen molar-refractivity contribution < 1.29 is 9.59 Å². The van der Waals surface area contributed by atoms with Crippen LogP contribution in [0.4, 0.5) is 0 Å². The number of hydrogen-bond donors (Lipinski definition) is 1. The van der Waals surface area contributed by atoms with Crippen molar-refractivity contribution >= 4 is 35.2 Å². The van der Waals surface area contributed by atoms with Gasteiger partial charge in [-0.05, 0) is 49.9 Å². The molecule has 1 aliphatic rings. The maximum atomic E-state index is 13.2. The fourth-order valence-electron chi connectivity index (χ4n) is 3.95. The number of hydrogen-bond acceptors (Lipinski definition) is 3. The van der Waals surface area contributed by atoms with Crippen LogP contribution in [0.5, 0.6) is 0 Å². The van der Waals surface area contributed by atoms with E-state index < -0.39 is 6.04 Å². The van der Waals surface area contributed by atoms with Crippen LogP contribution in [-0.2, 0) is 21.9 Å². The van der Waals surface area contributed by atoms with Crippen LogP contribution in [0.1, 0.15) is 49.3 Å². The maximum Gasteiger partial charge on any atom is 0.242 e. The minimum atomic E-state index is -0.536. The number of thioether (sulfide) groups is 1. The number of benzene rings is 2. The summed E-state index contributed by atoms with van der Waals surface area (Å²) in [6, 6.07) is 15.5. The van der Waals surface area contributed by atoms with Crippen LogP contribution in [0.3, 0.4) is 0 Å². The first kappa shape index (κ1) is 23.7. The Balaban J connectivity index is 1.65. The Kier molecular flexibility index (Phi) is 8.85. The Morgan fingerprint density at radius 1 is 1.13 bits per heavy atom. The summed E-state index contributed by atoms with van der Waals surface area (Å²) < 4.78 is 0. The molecule has 0 aromatic heterocycles. The molecule has 166 valence electrons. The van der Waals surface area contributed by atoms with Gasteiger partial charge in [-0.3, -0.25) is 9.59 Å². The van der Waals surface area contributed by atoms with Gasteiger partial charge < -0.3 is 10.2 Å². The van der Waals surface area contributed by atoms with Gasteiger partial charge >= 0.3 is 0 Å². The Bertz CT molecular complexity index is 899. The van der Waals surface area contributed by atoms with Crippen molar-refractivity contribution in [2.75, 3.05) is 5.75 Å². The highest BCUT2D eigenvalue weighted by atomic mass is 35.5. The van der Waals surface area contributed by atoms with Crippen LogP contribution in [-0.4, -0.2) is 34.6 Å². The van der Waals surface area contributed by atoms with E-state index in [4.69, 9.17) is 11.6 Å². The average molecular weight is 459 g/mol. The Morgan fingerprint density at radius 3 is 2.55 bits per heavy atom. The molecule has 31 heavy (non-hydrogen) atoms. The number of rotatable bonds is 9. The summed E-state index contributed by atoms with van der Waals surface area (Å²) in [5, 5.41) is 3.76. The second kappa shape index (κ2) is 11.6. The van der Waals surface area contributed by atoms with Gasteiger partial charge in [-0.15, -0.1) is 11.8 Å². The number of nitrogens with zero attached hydrogens (tertiary/aromatic N) is 1. The largest absolute Gasteiger partial charge is 0.352 e. The molecule has 2 amide bonds. The van der Waals surface area contributed by atoms with Gasteiger partial charge in [0.15, 0.2) is 0 Å². The highest BCUT2D eigenvalue weighted by molar-refractivity contribution is 7.99. The molecule has 1 aliphatic carbocycles. The van der Waals surface area contributed by atoms with Gasteiger partial charge in [0.05, 0.1) is 5.75 Å². The smallest absolute Gasteiger partial charge is 0.242 e. The highest BCUT2D eigenvalue weighted by Crippen LogP contribution is 2.20. The van der Waals surface area contributed by atoms with Crippen molar-refractivity contribution in [3.05, 3.63) is 70.2 Å². The molecule has 1 N–H and O–H groups in total. The molecule has 6 heteroatoms. The van der Waals surface area contributed by atoms with Gasteiger partial charge in [0.2, 0.25) is 11.8 Å². The van der Waals surface area contributed by atoms with E-state index in [0.29, 0.717) is 17.3 Å². The van der Waals surface area contributed by atoms with E-state index in [2.05, 4.69) is 30.4 Å². The van der Waals surface area contributed by atoms with Crippen LogP contribution in [0.25, 0.3) is 0 Å². The van der Waals surface area contributed by atoms with Crippen LogP contribution in [0.15, 0.2) is 48.5 Å². The maximum absolute atomic E-state index is 13.2. The molecule has 2 aromatic rings. The van der Waals surface area contributed by atoms with Crippen molar-refractivity contribution in [1.29, 1.82) is 0 Å². The third-order valence-corrected chi connectivity index (χ3v) is 6.91. The van der Waals surface area contributed by atoms with E-state index in [9.17, 15) is 9.59 Å². The standard InChI is InChI=1S/C25H31ClN2O2S/c1-18-7-5-9-21(13-18)16-31-17-24(29)28(15-20-8-6-10-22(26)14-20)19(2)25(30)27-23-11-3-4-12-23/h5-10,13-14,19,23H,3-4,11-12,15-17H2,1-2H3,(H,27,30)/t19-/m0/s1. The summed E-state index contributed by atoms with van der Waals surface area (Å²) in [6.45, 7) is 4.25. The number of nitrogens with one attached hydrogen (secondary N) is 1. The van der Waals surface area contributed by atoms with Crippen LogP contribution < -0.4 is 5.32 Å². The molecule has 1 atom stereocenters. The molecule has 0 bridgehead atoms. The lowest BCUT2D eigenvalue weighted by atomic mass is 10.1. The third kappa shape index (κ3) is 7.29. The van der Waals surface area contributed by atoms with Crippen molar-refractivity contribution in [2.24, 2.45) is 0 Å². The summed E-state index contributed by atoms with van der Waals surface area (Å²) in [6.07, 6.45) is 4.35. The van der Waals surface area contributed by atoms with Gasteiger partial charge in [0.25, 0.3) is 0 Å². The summed E-state index contributed by atoms with van der Waals surface area (Å²) in [5.74, 6) is 0.981. The molecule has 0 radical (unpaired) electrons. The number of amides is 2. The molecule has 2 aromatic carbocycles. The van der Waals surface area contributed by atoms with Crippen molar-refractivity contribution in [1.82, 2.24) is 10.2 Å². The lowest BCUT2D eigenvalue weighted by molar-refractivity contribution is -0.138. The zero-order valence-corrected chi connectivity index (χ0v) is 19.8. The SMILES string of the molecule is Cc1cccc(CSCC(=O)N(Cc2cccc(Cl)c2)[C@@H](C)C(=O)NC2CCCC2)c1. The van der Waals surface area contributed by atoms with Gasteiger partial charge in [0.1, 0.15) is 6.04 Å². The monoisotopic (exact) mass is 458 g/mol. The molecule has 0 unspecified atom stereocenters. The second-order valence-electron chi connectivity index (χ2n) is 8.30. The minimum Gasteiger partial charge on any atom is -0.352 e. The van der Waals surface area contributed by atoms with E-state index in [-0.39, 0.29) is 17.9 Å². The van der Waals surface area contributed by atoms with Gasteiger partial charge in [-0.25, -0.2) is 0 Å². The first-order valence-electron chi connectivity index (χ1n) is 10.9. The fourth-order valence-corrected chi connectivity index (χ4v) is 5.02. The van der Waals surface area contributed by atoms with E-state index in [1.807, 2.05) is 37.3 Å². The van der Waals surface area contributed by atoms with Crippen molar-refractivity contribution in [3.8, 4) is 0 Å². The zero-order chi connectivity index (χ0) is 22.2. The predicted octanol–water partition coefficient (Wildman–Crippen LogP) is 5.36. The van der Waals surface area contributed by atoms with Crippen molar-refractivity contribution in [2.45, 2.75) is 63.9 Å². The van der Waals surface area contributed by atoms with Crippen LogP contribution >= 0.6 is 23.4 Å². The van der Waals surface area contributed by atoms with Crippen LogP contribution in [0, 0.1) is 6.92 Å². The quantitative estimate of drug-likeness (QED) is 0.550.